The van der Waals surface area contributed by atoms with Gasteiger partial charge in [-0.25, -0.2) is 4.98 Å². The normalized spacial score (nSPS) is 10.2. The minimum atomic E-state index is 0.441. The fraction of sp³-hybridized carbons (Fsp3) is 0. The van der Waals surface area contributed by atoms with E-state index in [9.17, 15) is 0 Å². The van der Waals surface area contributed by atoms with E-state index in [2.05, 4.69) is 26.2 Å². The summed E-state index contributed by atoms with van der Waals surface area (Å²) >= 11 is 15.2. The number of anilines is 2. The first-order valence-electron chi connectivity index (χ1n) is 4.50. The van der Waals surface area contributed by atoms with Crippen molar-refractivity contribution in [2.24, 2.45) is 0 Å². The number of pyridine rings is 1. The fourth-order valence-corrected chi connectivity index (χ4v) is 1.90. The van der Waals surface area contributed by atoms with E-state index in [4.69, 9.17) is 23.2 Å². The van der Waals surface area contributed by atoms with Crippen LogP contribution in [0.2, 0.25) is 10.2 Å². The quantitative estimate of drug-likeness (QED) is 0.797. The predicted octanol–water partition coefficient (Wildman–Crippen LogP) is 4.89. The third-order valence-corrected chi connectivity index (χ3v) is 2.94. The topological polar surface area (TPSA) is 24.9 Å². The molecular formula is C11H7BrCl2N2. The number of aromatic nitrogens is 1. The van der Waals surface area contributed by atoms with Gasteiger partial charge >= 0.3 is 0 Å². The summed E-state index contributed by atoms with van der Waals surface area (Å²) in [6.07, 6.45) is 0. The molecule has 0 aliphatic heterocycles. The van der Waals surface area contributed by atoms with Crippen LogP contribution in [0.1, 0.15) is 0 Å². The highest BCUT2D eigenvalue weighted by atomic mass is 79.9. The highest BCUT2D eigenvalue weighted by Gasteiger charge is 2.02. The van der Waals surface area contributed by atoms with Crippen molar-refractivity contribution in [3.05, 3.63) is 51.0 Å². The van der Waals surface area contributed by atoms with Crippen molar-refractivity contribution < 1.29 is 0 Å². The first-order valence-corrected chi connectivity index (χ1v) is 6.05. The molecule has 0 saturated heterocycles. The van der Waals surface area contributed by atoms with Gasteiger partial charge < -0.3 is 5.32 Å². The van der Waals surface area contributed by atoms with Gasteiger partial charge in [0.05, 0.1) is 10.7 Å². The fourth-order valence-electron chi connectivity index (χ4n) is 1.21. The van der Waals surface area contributed by atoms with Crippen molar-refractivity contribution in [2.45, 2.75) is 0 Å². The van der Waals surface area contributed by atoms with Gasteiger partial charge in [-0.15, -0.1) is 0 Å². The Morgan fingerprint density at radius 3 is 2.69 bits per heavy atom. The van der Waals surface area contributed by atoms with Crippen LogP contribution < -0.4 is 5.32 Å². The molecule has 0 aliphatic rings. The van der Waals surface area contributed by atoms with E-state index in [0.717, 1.165) is 10.2 Å². The number of hydrogen-bond donors (Lipinski definition) is 1. The number of nitrogens with one attached hydrogen (secondary N) is 1. The van der Waals surface area contributed by atoms with Crippen molar-refractivity contribution in [1.82, 2.24) is 4.98 Å². The van der Waals surface area contributed by atoms with E-state index in [-0.39, 0.29) is 0 Å². The molecule has 0 unspecified atom stereocenters. The van der Waals surface area contributed by atoms with Crippen molar-refractivity contribution in [2.75, 3.05) is 5.32 Å². The highest BCUT2D eigenvalue weighted by molar-refractivity contribution is 9.10. The molecule has 0 spiro atoms. The van der Waals surface area contributed by atoms with Crippen molar-refractivity contribution in [1.29, 1.82) is 0 Å². The first-order chi connectivity index (χ1) is 7.65. The van der Waals surface area contributed by atoms with Gasteiger partial charge in [0.15, 0.2) is 0 Å². The van der Waals surface area contributed by atoms with Crippen LogP contribution in [0.4, 0.5) is 11.5 Å². The maximum atomic E-state index is 6.04. The third kappa shape index (κ3) is 2.88. The van der Waals surface area contributed by atoms with Gasteiger partial charge in [-0.3, -0.25) is 0 Å². The third-order valence-electron chi connectivity index (χ3n) is 1.91. The predicted molar refractivity (Wildman–Crippen MR) is 71.7 cm³/mol. The molecule has 1 aromatic carbocycles. The summed E-state index contributed by atoms with van der Waals surface area (Å²) in [6.45, 7) is 0. The minimum absolute atomic E-state index is 0.441. The zero-order valence-electron chi connectivity index (χ0n) is 8.05. The number of nitrogens with zero attached hydrogens (tertiary/aromatic N) is 1. The van der Waals surface area contributed by atoms with Crippen LogP contribution >= 0.6 is 39.1 Å². The second-order valence-electron chi connectivity index (χ2n) is 3.09. The lowest BCUT2D eigenvalue weighted by Gasteiger charge is -2.08. The molecule has 0 bridgehead atoms. The zero-order chi connectivity index (χ0) is 11.5. The van der Waals surface area contributed by atoms with E-state index in [1.165, 1.54) is 0 Å². The molecule has 0 fully saturated rings. The van der Waals surface area contributed by atoms with E-state index >= 15 is 0 Å². The molecule has 0 radical (unpaired) electrons. The molecule has 1 heterocycles. The van der Waals surface area contributed by atoms with Gasteiger partial charge in [-0.1, -0.05) is 45.2 Å². The standard InChI is InChI=1S/C11H7BrCl2N2/c12-7-4-5-8(13)9(6-7)15-11-3-1-2-10(14)16-11/h1-6H,(H,15,16). The second kappa shape index (κ2) is 5.04. The lowest BCUT2D eigenvalue weighted by atomic mass is 10.3. The lowest BCUT2D eigenvalue weighted by molar-refractivity contribution is 1.31. The summed E-state index contributed by atoms with van der Waals surface area (Å²) < 4.78 is 0.946. The van der Waals surface area contributed by atoms with Gasteiger partial charge in [0.1, 0.15) is 11.0 Å². The van der Waals surface area contributed by atoms with Gasteiger partial charge in [0.2, 0.25) is 0 Å². The molecule has 82 valence electrons. The molecule has 0 saturated carbocycles. The van der Waals surface area contributed by atoms with Gasteiger partial charge in [0, 0.05) is 4.47 Å². The van der Waals surface area contributed by atoms with E-state index in [1.54, 1.807) is 12.1 Å². The molecule has 1 aromatic heterocycles. The first kappa shape index (κ1) is 11.7. The highest BCUT2D eigenvalue weighted by Crippen LogP contribution is 2.28. The molecule has 2 aromatic rings. The van der Waals surface area contributed by atoms with Crippen LogP contribution in [0.3, 0.4) is 0 Å². The van der Waals surface area contributed by atoms with Crippen molar-refractivity contribution in [3.63, 3.8) is 0 Å². The van der Waals surface area contributed by atoms with Crippen LogP contribution in [-0.2, 0) is 0 Å². The average Bonchev–Trinajstić information content (AvgIpc) is 2.24. The maximum absolute atomic E-state index is 6.04. The Morgan fingerprint density at radius 1 is 1.12 bits per heavy atom. The summed E-state index contributed by atoms with van der Waals surface area (Å²) in [5.41, 5.74) is 0.783. The minimum Gasteiger partial charge on any atom is -0.339 e. The van der Waals surface area contributed by atoms with Crippen LogP contribution in [-0.4, -0.2) is 4.98 Å². The SMILES string of the molecule is Clc1cccc(Nc2cc(Br)ccc2Cl)n1. The Kier molecular flexibility index (Phi) is 3.69. The molecule has 0 aliphatic carbocycles. The molecular weight excluding hydrogens is 311 g/mol. The Morgan fingerprint density at radius 2 is 1.94 bits per heavy atom. The number of rotatable bonds is 2. The van der Waals surface area contributed by atoms with Crippen LogP contribution in [0, 0.1) is 0 Å². The summed E-state index contributed by atoms with van der Waals surface area (Å²) in [7, 11) is 0. The summed E-state index contributed by atoms with van der Waals surface area (Å²) in [4.78, 5) is 4.12. The second-order valence-corrected chi connectivity index (χ2v) is 4.80. The molecule has 16 heavy (non-hydrogen) atoms. The van der Waals surface area contributed by atoms with Crippen LogP contribution in [0.15, 0.2) is 40.9 Å². The Labute approximate surface area is 112 Å². The maximum Gasteiger partial charge on any atom is 0.132 e. The Bertz CT molecular complexity index is 517. The molecule has 2 rings (SSSR count). The zero-order valence-corrected chi connectivity index (χ0v) is 11.1. The van der Waals surface area contributed by atoms with E-state index in [1.807, 2.05) is 24.3 Å². The lowest BCUT2D eigenvalue weighted by Crippen LogP contribution is -1.94. The smallest absolute Gasteiger partial charge is 0.132 e. The summed E-state index contributed by atoms with van der Waals surface area (Å²) in [5.74, 6) is 0.660. The van der Waals surface area contributed by atoms with Crippen molar-refractivity contribution in [3.8, 4) is 0 Å². The molecule has 0 amide bonds. The molecule has 2 nitrogen and oxygen atoms in total. The summed E-state index contributed by atoms with van der Waals surface area (Å²) in [5, 5.41) is 4.17. The van der Waals surface area contributed by atoms with Gasteiger partial charge in [0.25, 0.3) is 0 Å². The Balaban J connectivity index is 2.30. The molecule has 0 atom stereocenters. The molecule has 1 N–H and O–H groups in total. The summed E-state index contributed by atoms with van der Waals surface area (Å²) in [6, 6.07) is 10.9. The molecule has 5 heteroatoms. The van der Waals surface area contributed by atoms with Crippen molar-refractivity contribution >= 4 is 50.6 Å². The number of benzene rings is 1. The van der Waals surface area contributed by atoms with Gasteiger partial charge in [-0.2, -0.15) is 0 Å². The number of halogens is 3. The van der Waals surface area contributed by atoms with Crippen LogP contribution in [0.5, 0.6) is 0 Å². The van der Waals surface area contributed by atoms with E-state index < -0.39 is 0 Å². The monoisotopic (exact) mass is 316 g/mol. The van der Waals surface area contributed by atoms with Gasteiger partial charge in [-0.05, 0) is 30.3 Å². The Hall–Kier alpha value is -0.770. The van der Waals surface area contributed by atoms with E-state index in [0.29, 0.717) is 16.0 Å². The average molecular weight is 318 g/mol. The number of hydrogen-bond acceptors (Lipinski definition) is 2. The van der Waals surface area contributed by atoms with Crippen LogP contribution in [0.25, 0.3) is 0 Å². The largest absolute Gasteiger partial charge is 0.339 e.